The topological polar surface area (TPSA) is 17.8 Å². The van der Waals surface area contributed by atoms with Gasteiger partial charge in [0.2, 0.25) is 0 Å². The summed E-state index contributed by atoms with van der Waals surface area (Å²) in [6.45, 7) is 1.15. The Labute approximate surface area is 93.9 Å². The Kier molecular flexibility index (Phi) is 3.62. The summed E-state index contributed by atoms with van der Waals surface area (Å²) in [7, 11) is 0. The molecule has 0 saturated carbocycles. The summed E-state index contributed by atoms with van der Waals surface area (Å²) < 4.78 is 2.36. The van der Waals surface area contributed by atoms with Crippen LogP contribution in [0, 0.1) is 0 Å². The summed E-state index contributed by atoms with van der Waals surface area (Å²) in [6.07, 6.45) is 9.65. The van der Waals surface area contributed by atoms with Crippen molar-refractivity contribution in [2.24, 2.45) is 0 Å². The van der Waals surface area contributed by atoms with Gasteiger partial charge in [0.15, 0.2) is 0 Å². The molecule has 3 heteroatoms. The normalized spacial score (nSPS) is 15.5. The van der Waals surface area contributed by atoms with Crippen molar-refractivity contribution >= 4 is 15.9 Å². The fourth-order valence-electron chi connectivity index (χ4n) is 2.10. The first-order valence-electron chi connectivity index (χ1n) is 5.50. The first kappa shape index (κ1) is 10.2. The van der Waals surface area contributed by atoms with Crippen LogP contribution >= 0.6 is 15.9 Å². The van der Waals surface area contributed by atoms with Crippen molar-refractivity contribution in [3.05, 3.63) is 17.7 Å². The smallest absolute Gasteiger partial charge is 0.0951 e. The van der Waals surface area contributed by atoms with E-state index in [-0.39, 0.29) is 0 Å². The van der Waals surface area contributed by atoms with E-state index in [0.717, 1.165) is 11.9 Å². The molecule has 0 bridgehead atoms. The van der Waals surface area contributed by atoms with Crippen LogP contribution in [-0.2, 0) is 19.4 Å². The summed E-state index contributed by atoms with van der Waals surface area (Å²) in [5.74, 6) is 0. The van der Waals surface area contributed by atoms with E-state index < -0.39 is 0 Å². The minimum absolute atomic E-state index is 1.11. The Morgan fingerprint density at radius 3 is 3.00 bits per heavy atom. The summed E-state index contributed by atoms with van der Waals surface area (Å²) >= 11 is 3.46. The molecule has 0 spiro atoms. The van der Waals surface area contributed by atoms with Crippen LogP contribution in [0.25, 0.3) is 0 Å². The molecule has 0 radical (unpaired) electrons. The highest BCUT2D eigenvalue weighted by Crippen LogP contribution is 2.20. The molecule has 78 valence electrons. The summed E-state index contributed by atoms with van der Waals surface area (Å²) in [5, 5.41) is 1.11. The number of alkyl halides is 1. The molecule has 14 heavy (non-hydrogen) atoms. The summed E-state index contributed by atoms with van der Waals surface area (Å²) in [6, 6.07) is 0. The predicted octanol–water partition coefficient (Wildman–Crippen LogP) is 2.94. The highest BCUT2D eigenvalue weighted by Gasteiger charge is 2.14. The highest BCUT2D eigenvalue weighted by molar-refractivity contribution is 9.09. The molecule has 0 atom stereocenters. The molecule has 1 heterocycles. The molecule has 0 amide bonds. The van der Waals surface area contributed by atoms with Crippen molar-refractivity contribution in [1.82, 2.24) is 9.55 Å². The molecule has 0 N–H and O–H groups in total. The van der Waals surface area contributed by atoms with Gasteiger partial charge in [-0.1, -0.05) is 15.9 Å². The van der Waals surface area contributed by atoms with Crippen LogP contribution < -0.4 is 0 Å². The molecule has 1 aromatic rings. The van der Waals surface area contributed by atoms with Gasteiger partial charge >= 0.3 is 0 Å². The van der Waals surface area contributed by atoms with Crippen molar-refractivity contribution < 1.29 is 0 Å². The fourth-order valence-corrected chi connectivity index (χ4v) is 2.50. The zero-order valence-corrected chi connectivity index (χ0v) is 10.1. The van der Waals surface area contributed by atoms with Gasteiger partial charge in [-0.2, -0.15) is 0 Å². The van der Waals surface area contributed by atoms with Crippen molar-refractivity contribution in [2.75, 3.05) is 5.33 Å². The average Bonchev–Trinajstić information content (AvgIpc) is 2.63. The maximum atomic E-state index is 4.49. The maximum Gasteiger partial charge on any atom is 0.0951 e. The van der Waals surface area contributed by atoms with E-state index in [9.17, 15) is 0 Å². The number of rotatable bonds is 4. The van der Waals surface area contributed by atoms with Crippen molar-refractivity contribution in [2.45, 2.75) is 45.1 Å². The van der Waals surface area contributed by atoms with Crippen LogP contribution in [0.3, 0.4) is 0 Å². The van der Waals surface area contributed by atoms with Crippen LogP contribution in [0.5, 0.6) is 0 Å². The molecule has 0 unspecified atom stereocenters. The number of aromatic nitrogens is 2. The second-order valence-corrected chi connectivity index (χ2v) is 4.73. The molecule has 2 rings (SSSR count). The van der Waals surface area contributed by atoms with Crippen molar-refractivity contribution in [3.8, 4) is 0 Å². The molecular formula is C11H17BrN2. The van der Waals surface area contributed by atoms with E-state index in [1.54, 1.807) is 0 Å². The van der Waals surface area contributed by atoms with Crippen molar-refractivity contribution in [1.29, 1.82) is 0 Å². The lowest BCUT2D eigenvalue weighted by molar-refractivity contribution is 0.578. The molecule has 0 fully saturated rings. The zero-order valence-electron chi connectivity index (χ0n) is 8.51. The van der Waals surface area contributed by atoms with Gasteiger partial charge in [0, 0.05) is 17.6 Å². The standard InChI is InChI=1S/C11H17BrN2/c12-7-3-4-8-14-9-13-10-5-1-2-6-11(10)14/h9H,1-8H2. The Bertz CT molecular complexity index is 293. The van der Waals surface area contributed by atoms with Gasteiger partial charge in [-0.25, -0.2) is 4.98 Å². The molecule has 0 saturated heterocycles. The summed E-state index contributed by atoms with van der Waals surface area (Å²) in [5.41, 5.74) is 2.86. The molecule has 1 aliphatic rings. The lowest BCUT2D eigenvalue weighted by atomic mass is 10.0. The zero-order chi connectivity index (χ0) is 9.80. The van der Waals surface area contributed by atoms with E-state index in [2.05, 4.69) is 25.5 Å². The van der Waals surface area contributed by atoms with Crippen LogP contribution in [0.2, 0.25) is 0 Å². The monoisotopic (exact) mass is 256 g/mol. The van der Waals surface area contributed by atoms with Gasteiger partial charge < -0.3 is 4.57 Å². The first-order valence-corrected chi connectivity index (χ1v) is 6.63. The van der Waals surface area contributed by atoms with Gasteiger partial charge in [-0.15, -0.1) is 0 Å². The first-order chi connectivity index (χ1) is 6.92. The van der Waals surface area contributed by atoms with E-state index in [0.29, 0.717) is 0 Å². The lowest BCUT2D eigenvalue weighted by Gasteiger charge is -2.13. The molecule has 0 aliphatic heterocycles. The van der Waals surface area contributed by atoms with Gasteiger partial charge in [0.1, 0.15) is 0 Å². The van der Waals surface area contributed by atoms with Crippen molar-refractivity contribution in [3.63, 3.8) is 0 Å². The minimum atomic E-state index is 1.11. The highest BCUT2D eigenvalue weighted by atomic mass is 79.9. The quantitative estimate of drug-likeness (QED) is 0.599. The third-order valence-corrected chi connectivity index (χ3v) is 3.45. The fraction of sp³-hybridized carbons (Fsp3) is 0.727. The minimum Gasteiger partial charge on any atom is -0.334 e. The SMILES string of the molecule is BrCCCCn1cnc2c1CCCC2. The molecule has 1 aromatic heterocycles. The Morgan fingerprint density at radius 1 is 1.29 bits per heavy atom. The number of aryl methyl sites for hydroxylation is 2. The van der Waals surface area contributed by atoms with Crippen LogP contribution in [0.4, 0.5) is 0 Å². The average molecular weight is 257 g/mol. The second-order valence-electron chi connectivity index (χ2n) is 3.93. The lowest BCUT2D eigenvalue weighted by Crippen LogP contribution is -2.08. The Morgan fingerprint density at radius 2 is 2.14 bits per heavy atom. The third-order valence-electron chi connectivity index (χ3n) is 2.89. The molecule has 2 nitrogen and oxygen atoms in total. The van der Waals surface area contributed by atoms with E-state index in [1.807, 2.05) is 6.33 Å². The number of halogens is 1. The van der Waals surface area contributed by atoms with Crippen LogP contribution in [-0.4, -0.2) is 14.9 Å². The van der Waals surface area contributed by atoms with E-state index in [4.69, 9.17) is 0 Å². The van der Waals surface area contributed by atoms with Crippen LogP contribution in [0.15, 0.2) is 6.33 Å². The third kappa shape index (κ3) is 2.19. The van der Waals surface area contributed by atoms with E-state index >= 15 is 0 Å². The number of nitrogens with zero attached hydrogens (tertiary/aromatic N) is 2. The van der Waals surface area contributed by atoms with Gasteiger partial charge in [-0.3, -0.25) is 0 Å². The number of hydrogen-bond donors (Lipinski definition) is 0. The van der Waals surface area contributed by atoms with E-state index in [1.165, 1.54) is 49.9 Å². The number of imidazole rings is 1. The predicted molar refractivity (Wildman–Crippen MR) is 61.9 cm³/mol. The van der Waals surface area contributed by atoms with Crippen LogP contribution in [0.1, 0.15) is 37.1 Å². The van der Waals surface area contributed by atoms with Gasteiger partial charge in [0.25, 0.3) is 0 Å². The molecular weight excluding hydrogens is 240 g/mol. The molecule has 0 aromatic carbocycles. The number of unbranched alkanes of at least 4 members (excludes halogenated alkanes) is 1. The number of hydrogen-bond acceptors (Lipinski definition) is 1. The maximum absolute atomic E-state index is 4.49. The second kappa shape index (κ2) is 4.96. The van der Waals surface area contributed by atoms with Gasteiger partial charge in [0.05, 0.1) is 12.0 Å². The summed E-state index contributed by atoms with van der Waals surface area (Å²) in [4.78, 5) is 4.49. The Balaban J connectivity index is 1.99. The number of fused-ring (bicyclic) bond motifs is 1. The van der Waals surface area contributed by atoms with Gasteiger partial charge in [-0.05, 0) is 38.5 Å². The Hall–Kier alpha value is -0.310. The largest absolute Gasteiger partial charge is 0.334 e. The molecule has 1 aliphatic carbocycles.